The SMILES string of the molecule is C1CN(CCN2CCOCC2)CCN1.CC.CC. The van der Waals surface area contributed by atoms with E-state index in [0.29, 0.717) is 0 Å². The minimum atomic E-state index is 0.918. The summed E-state index contributed by atoms with van der Waals surface area (Å²) >= 11 is 0. The van der Waals surface area contributed by atoms with E-state index in [1.54, 1.807) is 0 Å². The molecule has 2 fully saturated rings. The molecule has 0 bridgehead atoms. The van der Waals surface area contributed by atoms with Gasteiger partial charge in [0.15, 0.2) is 0 Å². The molecule has 0 aromatic heterocycles. The fourth-order valence-electron chi connectivity index (χ4n) is 2.04. The van der Waals surface area contributed by atoms with Gasteiger partial charge in [-0.2, -0.15) is 0 Å². The van der Waals surface area contributed by atoms with E-state index in [1.807, 2.05) is 27.7 Å². The number of ether oxygens (including phenoxy) is 1. The summed E-state index contributed by atoms with van der Waals surface area (Å²) in [5.41, 5.74) is 0. The molecule has 0 aromatic rings. The van der Waals surface area contributed by atoms with Gasteiger partial charge in [0.2, 0.25) is 0 Å². The molecule has 0 aliphatic carbocycles. The molecule has 0 unspecified atom stereocenters. The van der Waals surface area contributed by atoms with Crippen LogP contribution >= 0.6 is 0 Å². The van der Waals surface area contributed by atoms with Crippen molar-refractivity contribution in [3.63, 3.8) is 0 Å². The molecule has 0 amide bonds. The quantitative estimate of drug-likeness (QED) is 0.826. The maximum Gasteiger partial charge on any atom is 0.0594 e. The maximum atomic E-state index is 5.33. The number of nitrogens with one attached hydrogen (secondary N) is 1. The molecule has 2 aliphatic heterocycles. The van der Waals surface area contributed by atoms with E-state index < -0.39 is 0 Å². The lowest BCUT2D eigenvalue weighted by Gasteiger charge is -2.31. The summed E-state index contributed by atoms with van der Waals surface area (Å²) in [7, 11) is 0. The molecule has 2 rings (SSSR count). The summed E-state index contributed by atoms with van der Waals surface area (Å²) in [6, 6.07) is 0. The van der Waals surface area contributed by atoms with Gasteiger partial charge < -0.3 is 10.1 Å². The highest BCUT2D eigenvalue weighted by molar-refractivity contribution is 4.70. The van der Waals surface area contributed by atoms with Gasteiger partial charge in [0.25, 0.3) is 0 Å². The molecule has 0 aromatic carbocycles. The largest absolute Gasteiger partial charge is 0.379 e. The number of hydrogen-bond acceptors (Lipinski definition) is 4. The molecule has 0 spiro atoms. The maximum absolute atomic E-state index is 5.33. The van der Waals surface area contributed by atoms with Gasteiger partial charge in [-0.05, 0) is 0 Å². The molecule has 2 heterocycles. The number of piperazine rings is 1. The smallest absolute Gasteiger partial charge is 0.0594 e. The van der Waals surface area contributed by atoms with Crippen molar-refractivity contribution in [1.29, 1.82) is 0 Å². The second-order valence-electron chi connectivity index (χ2n) is 4.05. The molecule has 1 N–H and O–H groups in total. The molecular weight excluding hydrogens is 226 g/mol. The summed E-state index contributed by atoms with van der Waals surface area (Å²) < 4.78 is 5.33. The van der Waals surface area contributed by atoms with Crippen LogP contribution in [0.4, 0.5) is 0 Å². The molecule has 4 heteroatoms. The highest BCUT2D eigenvalue weighted by Crippen LogP contribution is 1.98. The molecule has 110 valence electrons. The van der Waals surface area contributed by atoms with Crippen LogP contribution in [-0.2, 0) is 4.74 Å². The Labute approximate surface area is 114 Å². The Morgan fingerprint density at radius 2 is 1.22 bits per heavy atom. The highest BCUT2D eigenvalue weighted by Gasteiger charge is 2.13. The van der Waals surface area contributed by atoms with Crippen molar-refractivity contribution >= 4 is 0 Å². The fourth-order valence-corrected chi connectivity index (χ4v) is 2.04. The van der Waals surface area contributed by atoms with E-state index in [-0.39, 0.29) is 0 Å². The summed E-state index contributed by atoms with van der Waals surface area (Å²) in [5.74, 6) is 0. The van der Waals surface area contributed by atoms with Gasteiger partial charge in [0.05, 0.1) is 13.2 Å². The molecule has 2 aliphatic rings. The van der Waals surface area contributed by atoms with Crippen LogP contribution in [0.15, 0.2) is 0 Å². The first-order chi connectivity index (χ1) is 8.95. The topological polar surface area (TPSA) is 27.7 Å². The monoisotopic (exact) mass is 259 g/mol. The van der Waals surface area contributed by atoms with Crippen LogP contribution < -0.4 is 5.32 Å². The van der Waals surface area contributed by atoms with E-state index in [4.69, 9.17) is 4.74 Å². The van der Waals surface area contributed by atoms with Crippen LogP contribution in [0.2, 0.25) is 0 Å². The van der Waals surface area contributed by atoms with Crippen LogP contribution in [0.3, 0.4) is 0 Å². The van der Waals surface area contributed by atoms with Crippen molar-refractivity contribution in [1.82, 2.24) is 15.1 Å². The average Bonchev–Trinajstić information content (AvgIpc) is 2.51. The lowest BCUT2D eigenvalue weighted by atomic mass is 10.3. The molecule has 18 heavy (non-hydrogen) atoms. The van der Waals surface area contributed by atoms with Gasteiger partial charge in [0, 0.05) is 52.4 Å². The van der Waals surface area contributed by atoms with Crippen molar-refractivity contribution in [3.8, 4) is 0 Å². The zero-order chi connectivity index (χ0) is 13.6. The number of hydrogen-bond donors (Lipinski definition) is 1. The Hall–Kier alpha value is -0.160. The first kappa shape index (κ1) is 17.8. The van der Waals surface area contributed by atoms with Crippen LogP contribution in [-0.4, -0.2) is 75.4 Å². The van der Waals surface area contributed by atoms with Crippen molar-refractivity contribution < 1.29 is 4.74 Å². The summed E-state index contributed by atoms with van der Waals surface area (Å²) in [6.07, 6.45) is 0. The highest BCUT2D eigenvalue weighted by atomic mass is 16.5. The van der Waals surface area contributed by atoms with E-state index >= 15 is 0 Å². The van der Waals surface area contributed by atoms with Crippen LogP contribution in [0.5, 0.6) is 0 Å². The number of morpholine rings is 1. The minimum Gasteiger partial charge on any atom is -0.379 e. The zero-order valence-electron chi connectivity index (χ0n) is 12.9. The van der Waals surface area contributed by atoms with E-state index in [0.717, 1.165) is 39.4 Å². The van der Waals surface area contributed by atoms with E-state index in [2.05, 4.69) is 15.1 Å². The zero-order valence-corrected chi connectivity index (χ0v) is 12.9. The second kappa shape index (κ2) is 13.3. The Morgan fingerprint density at radius 1 is 0.778 bits per heavy atom. The Balaban J connectivity index is 0.000000659. The minimum absolute atomic E-state index is 0.918. The Kier molecular flexibility index (Phi) is 13.2. The predicted octanol–water partition coefficient (Wildman–Crippen LogP) is 1.28. The first-order valence-electron chi connectivity index (χ1n) is 7.68. The van der Waals surface area contributed by atoms with Crippen molar-refractivity contribution in [2.75, 3.05) is 65.6 Å². The molecule has 0 radical (unpaired) electrons. The normalized spacial score (nSPS) is 21.3. The number of nitrogens with zero attached hydrogens (tertiary/aromatic N) is 2. The van der Waals surface area contributed by atoms with Gasteiger partial charge >= 0.3 is 0 Å². The van der Waals surface area contributed by atoms with E-state index in [9.17, 15) is 0 Å². The third-order valence-electron chi connectivity index (χ3n) is 3.05. The third kappa shape index (κ3) is 8.03. The predicted molar refractivity (Wildman–Crippen MR) is 79.3 cm³/mol. The summed E-state index contributed by atoms with van der Waals surface area (Å²) in [6.45, 7) is 19.2. The molecule has 0 atom stereocenters. The fraction of sp³-hybridized carbons (Fsp3) is 1.00. The summed E-state index contributed by atoms with van der Waals surface area (Å²) in [5, 5.41) is 3.38. The molecule has 2 saturated heterocycles. The van der Waals surface area contributed by atoms with Gasteiger partial charge in [-0.15, -0.1) is 0 Å². The molecule has 4 nitrogen and oxygen atoms in total. The standard InChI is InChI=1S/C10H21N3O.2C2H6/c1-3-12(4-2-11-1)5-6-13-7-9-14-10-8-13;2*1-2/h11H,1-10H2;2*1-2H3. The second-order valence-corrected chi connectivity index (χ2v) is 4.05. The van der Waals surface area contributed by atoms with Gasteiger partial charge in [-0.1, -0.05) is 27.7 Å². The third-order valence-corrected chi connectivity index (χ3v) is 3.05. The van der Waals surface area contributed by atoms with Crippen LogP contribution in [0.25, 0.3) is 0 Å². The lowest BCUT2D eigenvalue weighted by molar-refractivity contribution is 0.0328. The van der Waals surface area contributed by atoms with Crippen LogP contribution in [0, 0.1) is 0 Å². The van der Waals surface area contributed by atoms with Crippen molar-refractivity contribution in [3.05, 3.63) is 0 Å². The molecule has 0 saturated carbocycles. The van der Waals surface area contributed by atoms with Crippen molar-refractivity contribution in [2.45, 2.75) is 27.7 Å². The lowest BCUT2D eigenvalue weighted by Crippen LogP contribution is -2.47. The van der Waals surface area contributed by atoms with Gasteiger partial charge in [-0.25, -0.2) is 0 Å². The summed E-state index contributed by atoms with van der Waals surface area (Å²) in [4.78, 5) is 5.05. The Morgan fingerprint density at radius 3 is 1.72 bits per heavy atom. The van der Waals surface area contributed by atoms with Gasteiger partial charge in [-0.3, -0.25) is 9.80 Å². The van der Waals surface area contributed by atoms with Gasteiger partial charge in [0.1, 0.15) is 0 Å². The Bertz CT molecular complexity index is 137. The number of rotatable bonds is 3. The van der Waals surface area contributed by atoms with Crippen LogP contribution in [0.1, 0.15) is 27.7 Å². The molecular formula is C14H33N3O. The average molecular weight is 259 g/mol. The first-order valence-corrected chi connectivity index (χ1v) is 7.68. The van der Waals surface area contributed by atoms with Crippen molar-refractivity contribution in [2.24, 2.45) is 0 Å². The van der Waals surface area contributed by atoms with E-state index in [1.165, 1.54) is 26.2 Å².